The number of rotatable bonds is 31. The van der Waals surface area contributed by atoms with Crippen LogP contribution in [0.2, 0.25) is 0 Å². The highest BCUT2D eigenvalue weighted by Gasteiger charge is 2.27. The first kappa shape index (κ1) is 42.9. The maximum absolute atomic E-state index is 12.4. The summed E-state index contributed by atoms with van der Waals surface area (Å²) in [6.07, 6.45) is 31.9. The minimum atomic E-state index is -4.61. The van der Waals surface area contributed by atoms with Crippen molar-refractivity contribution >= 4 is 19.8 Å². The number of aliphatic carboxylic acids is 1. The SMILES string of the molecule is CC/C=C\C/C=C\C/C=C\C/C=C\CCCCCOCC(COP(=O)(O)OCC(N)C(=O)O)OC(=O)CCCCCCCCC. The Kier molecular flexibility index (Phi) is 29.2. The first-order valence-corrected chi connectivity index (χ1v) is 18.2. The number of carbonyl (C=O) groups is 2. The fraction of sp³-hybridized carbons (Fsp3) is 0.706. The van der Waals surface area contributed by atoms with Gasteiger partial charge in [-0.1, -0.05) is 107 Å². The average Bonchev–Trinajstić information content (AvgIpc) is 3.01. The Morgan fingerprint density at radius 1 is 0.733 bits per heavy atom. The molecule has 0 aliphatic carbocycles. The molecule has 11 heteroatoms. The summed E-state index contributed by atoms with van der Waals surface area (Å²) in [4.78, 5) is 33.1. The highest BCUT2D eigenvalue weighted by atomic mass is 31.2. The molecule has 0 heterocycles. The lowest BCUT2D eigenvalue weighted by atomic mass is 10.1. The van der Waals surface area contributed by atoms with E-state index in [0.717, 1.165) is 70.6 Å². The van der Waals surface area contributed by atoms with Gasteiger partial charge in [0, 0.05) is 13.0 Å². The van der Waals surface area contributed by atoms with Crippen molar-refractivity contribution in [1.29, 1.82) is 0 Å². The number of hydrogen-bond acceptors (Lipinski definition) is 8. The van der Waals surface area contributed by atoms with Crippen LogP contribution in [0.3, 0.4) is 0 Å². The van der Waals surface area contributed by atoms with Crippen molar-refractivity contribution in [3.8, 4) is 0 Å². The summed E-state index contributed by atoms with van der Waals surface area (Å²) >= 11 is 0. The van der Waals surface area contributed by atoms with E-state index in [1.54, 1.807) is 0 Å². The van der Waals surface area contributed by atoms with Crippen molar-refractivity contribution in [1.82, 2.24) is 0 Å². The molecule has 3 unspecified atom stereocenters. The zero-order valence-electron chi connectivity index (χ0n) is 27.7. The van der Waals surface area contributed by atoms with Gasteiger partial charge in [-0.2, -0.15) is 0 Å². The van der Waals surface area contributed by atoms with Gasteiger partial charge in [0.25, 0.3) is 0 Å². The van der Waals surface area contributed by atoms with Crippen molar-refractivity contribution in [2.24, 2.45) is 5.73 Å². The second-order valence-electron chi connectivity index (χ2n) is 10.9. The van der Waals surface area contributed by atoms with Gasteiger partial charge < -0.3 is 25.2 Å². The standard InChI is InChI=1S/C34H60NO9P/c1-3-5-7-9-11-12-13-14-15-16-17-18-19-21-23-25-27-41-28-31(29-42-45(39,40)43-30-32(35)34(37)38)44-33(36)26-24-22-20-10-8-6-4-2/h5,7,11-12,14-15,17-18,31-32H,3-4,6,8-10,13,16,19-30,35H2,1-2H3,(H,37,38)(H,39,40)/b7-5-,12-11-,15-14-,18-17-. The van der Waals surface area contributed by atoms with Crippen LogP contribution in [-0.4, -0.2) is 60.5 Å². The Balaban J connectivity index is 4.37. The number of esters is 1. The Labute approximate surface area is 271 Å². The number of hydrogen-bond donors (Lipinski definition) is 3. The molecule has 260 valence electrons. The zero-order chi connectivity index (χ0) is 33.4. The molecule has 3 atom stereocenters. The van der Waals surface area contributed by atoms with Crippen LogP contribution in [0, 0.1) is 0 Å². The number of carboxylic acids is 1. The maximum atomic E-state index is 12.4. The van der Waals surface area contributed by atoms with Gasteiger partial charge in [-0.3, -0.25) is 18.6 Å². The number of nitrogens with two attached hydrogens (primary N) is 1. The molecule has 45 heavy (non-hydrogen) atoms. The smallest absolute Gasteiger partial charge is 0.472 e. The Bertz CT molecular complexity index is 904. The van der Waals surface area contributed by atoms with Gasteiger partial charge in [-0.15, -0.1) is 0 Å². The fourth-order valence-electron chi connectivity index (χ4n) is 4.00. The molecule has 0 bridgehead atoms. The summed E-state index contributed by atoms with van der Waals surface area (Å²) in [6, 6.07) is -1.48. The van der Waals surface area contributed by atoms with Crippen LogP contribution in [-0.2, 0) is 32.7 Å². The van der Waals surface area contributed by atoms with Gasteiger partial charge >= 0.3 is 19.8 Å². The molecule has 0 aromatic heterocycles. The lowest BCUT2D eigenvalue weighted by molar-refractivity contribution is -0.154. The van der Waals surface area contributed by atoms with E-state index in [9.17, 15) is 19.0 Å². The quantitative estimate of drug-likeness (QED) is 0.0289. The average molecular weight is 658 g/mol. The topological polar surface area (TPSA) is 155 Å². The summed E-state index contributed by atoms with van der Waals surface area (Å²) in [7, 11) is -4.61. The van der Waals surface area contributed by atoms with E-state index in [-0.39, 0.29) is 13.0 Å². The highest BCUT2D eigenvalue weighted by Crippen LogP contribution is 2.43. The van der Waals surface area contributed by atoms with Gasteiger partial charge in [0.15, 0.2) is 0 Å². The molecule has 0 aromatic rings. The maximum Gasteiger partial charge on any atom is 0.472 e. The normalized spacial score (nSPS) is 14.9. The van der Waals surface area contributed by atoms with Gasteiger partial charge in [0.2, 0.25) is 0 Å². The summed E-state index contributed by atoms with van der Waals surface area (Å²) in [5.74, 6) is -1.81. The molecule has 0 aromatic carbocycles. The van der Waals surface area contributed by atoms with Crippen molar-refractivity contribution in [3.05, 3.63) is 48.6 Å². The molecule has 10 nitrogen and oxygen atoms in total. The first-order valence-electron chi connectivity index (χ1n) is 16.7. The van der Waals surface area contributed by atoms with Crippen LogP contribution in [0.4, 0.5) is 0 Å². The molecule has 0 saturated heterocycles. The Morgan fingerprint density at radius 2 is 1.29 bits per heavy atom. The molecule has 0 fully saturated rings. The predicted molar refractivity (Wildman–Crippen MR) is 180 cm³/mol. The van der Waals surface area contributed by atoms with Crippen LogP contribution < -0.4 is 5.73 Å². The molecular formula is C34H60NO9P. The molecule has 0 radical (unpaired) electrons. The molecule has 4 N–H and O–H groups in total. The molecule has 0 rings (SSSR count). The molecule has 0 spiro atoms. The Morgan fingerprint density at radius 3 is 1.91 bits per heavy atom. The number of allylic oxidation sites excluding steroid dienone is 8. The molecule has 0 saturated carbocycles. The van der Waals surface area contributed by atoms with Crippen LogP contribution in [0.5, 0.6) is 0 Å². The second-order valence-corrected chi connectivity index (χ2v) is 12.4. The summed E-state index contributed by atoms with van der Waals surface area (Å²) < 4.78 is 32.9. The molecule has 0 amide bonds. The lowest BCUT2D eigenvalue weighted by Gasteiger charge is -2.20. The summed E-state index contributed by atoms with van der Waals surface area (Å²) in [5.41, 5.74) is 5.31. The molecular weight excluding hydrogens is 597 g/mol. The van der Waals surface area contributed by atoms with Crippen molar-refractivity contribution < 1.29 is 42.7 Å². The third kappa shape index (κ3) is 30.4. The van der Waals surface area contributed by atoms with E-state index < -0.39 is 45.1 Å². The predicted octanol–water partition coefficient (Wildman–Crippen LogP) is 7.97. The minimum absolute atomic E-state index is 0.00569. The van der Waals surface area contributed by atoms with Crippen molar-refractivity contribution in [3.63, 3.8) is 0 Å². The zero-order valence-corrected chi connectivity index (χ0v) is 28.6. The lowest BCUT2D eigenvalue weighted by Crippen LogP contribution is -2.34. The Hall–Kier alpha value is -2.07. The van der Waals surface area contributed by atoms with E-state index in [0.29, 0.717) is 13.0 Å². The number of unbranched alkanes of at least 4 members (excludes halogenated alkanes) is 9. The minimum Gasteiger partial charge on any atom is -0.480 e. The van der Waals surface area contributed by atoms with Crippen molar-refractivity contribution in [2.45, 2.75) is 129 Å². The van der Waals surface area contributed by atoms with E-state index in [2.05, 4.69) is 67.0 Å². The van der Waals surface area contributed by atoms with E-state index in [1.165, 1.54) is 19.3 Å². The van der Waals surface area contributed by atoms with E-state index in [1.807, 2.05) is 0 Å². The van der Waals surface area contributed by atoms with E-state index >= 15 is 0 Å². The van der Waals surface area contributed by atoms with Gasteiger partial charge in [-0.25, -0.2) is 4.57 Å². The third-order valence-corrected chi connectivity index (χ3v) is 7.57. The van der Waals surface area contributed by atoms with Gasteiger partial charge in [-0.05, 0) is 51.4 Å². The highest BCUT2D eigenvalue weighted by molar-refractivity contribution is 7.47. The largest absolute Gasteiger partial charge is 0.480 e. The molecule has 0 aliphatic rings. The fourth-order valence-corrected chi connectivity index (χ4v) is 4.78. The van der Waals surface area contributed by atoms with Crippen LogP contribution in [0.15, 0.2) is 48.6 Å². The molecule has 0 aliphatic heterocycles. The van der Waals surface area contributed by atoms with Crippen molar-refractivity contribution in [2.75, 3.05) is 26.4 Å². The van der Waals surface area contributed by atoms with Crippen LogP contribution in [0.1, 0.15) is 117 Å². The summed E-state index contributed by atoms with van der Waals surface area (Å²) in [6.45, 7) is 3.59. The second kappa shape index (κ2) is 30.6. The summed E-state index contributed by atoms with van der Waals surface area (Å²) in [5, 5.41) is 8.82. The number of phosphoric ester groups is 1. The number of carboxylic acid groups (broad SMARTS) is 1. The van der Waals surface area contributed by atoms with Crippen LogP contribution >= 0.6 is 7.82 Å². The van der Waals surface area contributed by atoms with Gasteiger partial charge in [0.1, 0.15) is 12.1 Å². The number of ether oxygens (including phenoxy) is 2. The monoisotopic (exact) mass is 657 g/mol. The number of carbonyl (C=O) groups excluding carboxylic acids is 1. The first-order chi connectivity index (χ1) is 21.7. The number of phosphoric acid groups is 1. The van der Waals surface area contributed by atoms with Gasteiger partial charge in [0.05, 0.1) is 19.8 Å². The van der Waals surface area contributed by atoms with Crippen LogP contribution in [0.25, 0.3) is 0 Å². The van der Waals surface area contributed by atoms with E-state index in [4.69, 9.17) is 24.8 Å². The third-order valence-electron chi connectivity index (χ3n) is 6.62.